The number of hydrogen-bond donors (Lipinski definition) is 3. The fraction of sp³-hybridized carbons (Fsp3) is 0.500. The van der Waals surface area contributed by atoms with Crippen LogP contribution in [0.25, 0.3) is 10.6 Å². The minimum absolute atomic E-state index is 0.100. The first kappa shape index (κ1) is 22.4. The summed E-state index contributed by atoms with van der Waals surface area (Å²) in [5, 5.41) is 12.3. The molecule has 0 bridgehead atoms. The Balaban J connectivity index is 1.54. The summed E-state index contributed by atoms with van der Waals surface area (Å²) in [7, 11) is 1.74. The van der Waals surface area contributed by atoms with E-state index in [4.69, 9.17) is 16.2 Å². The van der Waals surface area contributed by atoms with Gasteiger partial charge in [0.15, 0.2) is 5.69 Å². The fourth-order valence-electron chi connectivity index (χ4n) is 3.61. The standard InChI is InChI=1S/C20H27FN8O2S/c1-10(2)29-8-11(6-25-29)20-27-16(18(23)32-20)19(30)26-14-7-24-28(3)17(14)15-5-4-13(22)12(21)9-31-15/h6-8,10,12-13,15H,4-5,9,22-23H2,1-3H3,(H,26,30). The van der Waals surface area contributed by atoms with Gasteiger partial charge in [0.05, 0.1) is 30.4 Å². The largest absolute Gasteiger partial charge is 0.389 e. The van der Waals surface area contributed by atoms with Crippen molar-refractivity contribution >= 4 is 27.9 Å². The third kappa shape index (κ3) is 4.38. The number of rotatable bonds is 5. The Morgan fingerprint density at radius 3 is 2.84 bits per heavy atom. The maximum Gasteiger partial charge on any atom is 0.277 e. The number of halogens is 1. The highest BCUT2D eigenvalue weighted by atomic mass is 32.1. The molecular weight excluding hydrogens is 435 g/mol. The van der Waals surface area contributed by atoms with Gasteiger partial charge in [-0.1, -0.05) is 11.3 Å². The zero-order chi connectivity index (χ0) is 23.0. The van der Waals surface area contributed by atoms with E-state index in [1.54, 1.807) is 17.9 Å². The molecule has 1 fully saturated rings. The zero-order valence-corrected chi connectivity index (χ0v) is 19.0. The molecule has 0 radical (unpaired) electrons. The van der Waals surface area contributed by atoms with E-state index in [0.717, 1.165) is 5.56 Å². The van der Waals surface area contributed by atoms with Gasteiger partial charge in [-0.25, -0.2) is 9.37 Å². The van der Waals surface area contributed by atoms with E-state index in [9.17, 15) is 9.18 Å². The Hall–Kier alpha value is -2.83. The number of nitrogen functional groups attached to an aromatic ring is 1. The molecule has 172 valence electrons. The molecule has 1 saturated heterocycles. The predicted molar refractivity (Wildman–Crippen MR) is 120 cm³/mol. The number of nitrogens with one attached hydrogen (secondary N) is 1. The molecule has 0 aromatic carbocycles. The van der Waals surface area contributed by atoms with Gasteiger partial charge in [0.25, 0.3) is 5.91 Å². The van der Waals surface area contributed by atoms with Crippen molar-refractivity contribution < 1.29 is 13.9 Å². The van der Waals surface area contributed by atoms with Crippen molar-refractivity contribution in [3.63, 3.8) is 0 Å². The average molecular weight is 463 g/mol. The number of alkyl halides is 1. The summed E-state index contributed by atoms with van der Waals surface area (Å²) in [4.78, 5) is 17.4. The molecule has 5 N–H and O–H groups in total. The lowest BCUT2D eigenvalue weighted by Gasteiger charge is -2.17. The maximum atomic E-state index is 13.9. The molecule has 3 aromatic rings. The minimum Gasteiger partial charge on any atom is -0.389 e. The van der Waals surface area contributed by atoms with E-state index < -0.39 is 24.2 Å². The third-order valence-electron chi connectivity index (χ3n) is 5.47. The zero-order valence-electron chi connectivity index (χ0n) is 18.2. The van der Waals surface area contributed by atoms with Crippen LogP contribution in [0.2, 0.25) is 0 Å². The molecule has 1 aliphatic heterocycles. The van der Waals surface area contributed by atoms with Crippen LogP contribution in [0.5, 0.6) is 0 Å². The molecule has 3 unspecified atom stereocenters. The van der Waals surface area contributed by atoms with Crippen molar-refractivity contribution in [2.45, 2.75) is 51.0 Å². The topological polar surface area (TPSA) is 139 Å². The molecule has 0 aliphatic carbocycles. The number of ether oxygens (including phenoxy) is 1. The molecule has 12 heteroatoms. The molecule has 3 aromatic heterocycles. The van der Waals surface area contributed by atoms with E-state index in [1.807, 2.05) is 24.7 Å². The maximum absolute atomic E-state index is 13.9. The quantitative estimate of drug-likeness (QED) is 0.530. The number of thiazole rings is 1. The van der Waals surface area contributed by atoms with Crippen LogP contribution in [0.1, 0.15) is 55.0 Å². The Labute approximate surface area is 188 Å². The van der Waals surface area contributed by atoms with Crippen LogP contribution >= 0.6 is 11.3 Å². The van der Waals surface area contributed by atoms with E-state index >= 15 is 0 Å². The number of amides is 1. The van der Waals surface area contributed by atoms with Crippen LogP contribution in [0, 0.1) is 0 Å². The second-order valence-electron chi connectivity index (χ2n) is 8.14. The Morgan fingerprint density at radius 1 is 1.34 bits per heavy atom. The normalized spacial score (nSPS) is 21.6. The van der Waals surface area contributed by atoms with Crippen LogP contribution < -0.4 is 16.8 Å². The first-order valence-corrected chi connectivity index (χ1v) is 11.2. The predicted octanol–water partition coefficient (Wildman–Crippen LogP) is 2.67. The lowest BCUT2D eigenvalue weighted by atomic mass is 10.0. The number of aryl methyl sites for hydroxylation is 1. The number of nitrogens with zero attached hydrogens (tertiary/aromatic N) is 5. The highest BCUT2D eigenvalue weighted by Crippen LogP contribution is 2.34. The number of nitrogens with two attached hydrogens (primary N) is 2. The van der Waals surface area contributed by atoms with Crippen molar-refractivity contribution in [3.05, 3.63) is 30.0 Å². The first-order chi connectivity index (χ1) is 15.2. The van der Waals surface area contributed by atoms with E-state index in [2.05, 4.69) is 20.5 Å². The van der Waals surface area contributed by atoms with Gasteiger partial charge in [-0.05, 0) is 26.7 Å². The van der Waals surface area contributed by atoms with Crippen molar-refractivity contribution in [1.82, 2.24) is 24.5 Å². The van der Waals surface area contributed by atoms with Gasteiger partial charge in [0.1, 0.15) is 22.3 Å². The Kier molecular flexibility index (Phi) is 6.26. The molecule has 3 atom stereocenters. The lowest BCUT2D eigenvalue weighted by molar-refractivity contribution is 0.0247. The summed E-state index contributed by atoms with van der Waals surface area (Å²) in [5.41, 5.74) is 14.0. The Morgan fingerprint density at radius 2 is 2.12 bits per heavy atom. The highest BCUT2D eigenvalue weighted by molar-refractivity contribution is 7.19. The molecule has 32 heavy (non-hydrogen) atoms. The van der Waals surface area contributed by atoms with Crippen molar-refractivity contribution in [1.29, 1.82) is 0 Å². The summed E-state index contributed by atoms with van der Waals surface area (Å²) in [6, 6.07) is -0.360. The fourth-order valence-corrected chi connectivity index (χ4v) is 4.41. The second kappa shape index (κ2) is 8.96. The Bertz CT molecular complexity index is 1100. The van der Waals surface area contributed by atoms with Crippen molar-refractivity contribution in [2.24, 2.45) is 12.8 Å². The summed E-state index contributed by atoms with van der Waals surface area (Å²) in [5.74, 6) is -0.454. The molecule has 1 aliphatic rings. The number of anilines is 2. The average Bonchev–Trinajstić information content (AvgIpc) is 3.44. The molecule has 4 rings (SSSR count). The molecule has 10 nitrogen and oxygen atoms in total. The van der Waals surface area contributed by atoms with Crippen LogP contribution in [0.4, 0.5) is 15.1 Å². The smallest absolute Gasteiger partial charge is 0.277 e. The van der Waals surface area contributed by atoms with Crippen LogP contribution in [0.3, 0.4) is 0 Å². The van der Waals surface area contributed by atoms with Gasteiger partial charge in [0, 0.05) is 30.9 Å². The molecule has 0 saturated carbocycles. The number of aromatic nitrogens is 5. The molecule has 1 amide bonds. The van der Waals surface area contributed by atoms with E-state index in [1.165, 1.54) is 17.5 Å². The van der Waals surface area contributed by atoms with Crippen LogP contribution in [-0.2, 0) is 11.8 Å². The second-order valence-corrected chi connectivity index (χ2v) is 9.17. The van der Waals surface area contributed by atoms with Gasteiger partial charge in [-0.15, -0.1) is 0 Å². The summed E-state index contributed by atoms with van der Waals surface area (Å²) >= 11 is 1.22. The van der Waals surface area contributed by atoms with Gasteiger partial charge >= 0.3 is 0 Å². The first-order valence-electron chi connectivity index (χ1n) is 10.4. The number of carbonyl (C=O) groups is 1. The van der Waals surface area contributed by atoms with Crippen LogP contribution in [-0.4, -0.2) is 49.3 Å². The highest BCUT2D eigenvalue weighted by Gasteiger charge is 2.30. The van der Waals surface area contributed by atoms with E-state index in [-0.39, 0.29) is 18.3 Å². The summed E-state index contributed by atoms with van der Waals surface area (Å²) < 4.78 is 23.1. The lowest BCUT2D eigenvalue weighted by Crippen LogP contribution is -2.32. The monoisotopic (exact) mass is 462 g/mol. The summed E-state index contributed by atoms with van der Waals surface area (Å²) in [6.07, 6.45) is 4.43. The third-order valence-corrected chi connectivity index (χ3v) is 6.40. The summed E-state index contributed by atoms with van der Waals surface area (Å²) in [6.45, 7) is 3.95. The van der Waals surface area contributed by atoms with Gasteiger partial charge in [-0.3, -0.25) is 14.2 Å². The van der Waals surface area contributed by atoms with Crippen LogP contribution in [0.15, 0.2) is 18.6 Å². The van der Waals surface area contributed by atoms with Gasteiger partial charge in [0.2, 0.25) is 0 Å². The molecular formula is C20H27FN8O2S. The minimum atomic E-state index is -1.22. The number of carbonyl (C=O) groups excluding carboxylic acids is 1. The SMILES string of the molecule is CC(C)n1cc(-c2nc(C(=O)Nc3cnn(C)c3C3CCC(N)C(F)CO3)c(N)s2)cn1. The van der Waals surface area contributed by atoms with Crippen molar-refractivity contribution in [3.8, 4) is 10.6 Å². The number of hydrogen-bond acceptors (Lipinski definition) is 8. The van der Waals surface area contributed by atoms with Gasteiger partial charge < -0.3 is 21.5 Å². The van der Waals surface area contributed by atoms with Gasteiger partial charge in [-0.2, -0.15) is 10.2 Å². The molecule has 4 heterocycles. The molecule has 0 spiro atoms. The van der Waals surface area contributed by atoms with E-state index in [0.29, 0.717) is 34.2 Å². The van der Waals surface area contributed by atoms with Crippen molar-refractivity contribution in [2.75, 3.05) is 17.7 Å².